The zero-order chi connectivity index (χ0) is 13.3. The number of nitrogens with one attached hydrogen (secondary N) is 1. The zero-order valence-corrected chi connectivity index (χ0v) is 12.3. The summed E-state index contributed by atoms with van der Waals surface area (Å²) in [6, 6.07) is 3.24. The highest BCUT2D eigenvalue weighted by molar-refractivity contribution is 5.01. The molecule has 4 nitrogen and oxygen atoms in total. The summed E-state index contributed by atoms with van der Waals surface area (Å²) in [6.07, 6.45) is 2.02. The zero-order valence-electron chi connectivity index (χ0n) is 12.3. The van der Waals surface area contributed by atoms with Crippen LogP contribution in [0.2, 0.25) is 0 Å². The average Bonchev–Trinajstić information content (AvgIpc) is 2.66. The number of hydrogen-bond acceptors (Lipinski definition) is 3. The Hall–Kier alpha value is -0.870. The van der Waals surface area contributed by atoms with Crippen molar-refractivity contribution in [2.75, 3.05) is 13.1 Å². The predicted octanol–water partition coefficient (Wildman–Crippen LogP) is 1.63. The molecule has 1 aliphatic heterocycles. The molecule has 4 heteroatoms. The molecular weight excluding hydrogens is 224 g/mol. The maximum Gasteiger partial charge on any atom is 0.0764 e. The molecule has 1 N–H and O–H groups in total. The molecule has 1 aromatic heterocycles. The number of hydrogen-bond donors (Lipinski definition) is 1. The maximum absolute atomic E-state index is 4.48. The van der Waals surface area contributed by atoms with Crippen LogP contribution in [0.25, 0.3) is 0 Å². The summed E-state index contributed by atoms with van der Waals surface area (Å²) < 4.78 is 1.88. The van der Waals surface area contributed by atoms with E-state index in [1.807, 2.05) is 17.9 Å². The summed E-state index contributed by atoms with van der Waals surface area (Å²) in [5.74, 6) is 0. The quantitative estimate of drug-likeness (QED) is 0.866. The minimum absolute atomic E-state index is 0.308. The Morgan fingerprint density at radius 3 is 2.72 bits per heavy atom. The smallest absolute Gasteiger partial charge is 0.0764 e. The molecular formula is C14H26N4. The van der Waals surface area contributed by atoms with Crippen LogP contribution < -0.4 is 5.32 Å². The molecule has 18 heavy (non-hydrogen) atoms. The standard InChI is InChI=1S/C14H26N4/c1-11-8-15-13(14(2,3)4)10-18(11)9-12-6-7-17(5)16-12/h6-7,11,13,15H,8-10H2,1-5H3. The van der Waals surface area contributed by atoms with Crippen LogP contribution in [0.3, 0.4) is 0 Å². The Balaban J connectivity index is 2.02. The summed E-state index contributed by atoms with van der Waals surface area (Å²) in [5, 5.41) is 8.14. The number of piperazine rings is 1. The largest absolute Gasteiger partial charge is 0.311 e. The molecule has 102 valence electrons. The highest BCUT2D eigenvalue weighted by Gasteiger charge is 2.32. The first-order valence-corrected chi connectivity index (χ1v) is 6.82. The molecule has 0 aromatic carbocycles. The van der Waals surface area contributed by atoms with Crippen LogP contribution in [0.4, 0.5) is 0 Å². The number of nitrogens with zero attached hydrogens (tertiary/aromatic N) is 3. The summed E-state index contributed by atoms with van der Waals surface area (Å²) in [5.41, 5.74) is 1.47. The van der Waals surface area contributed by atoms with E-state index in [0.717, 1.165) is 19.6 Å². The second-order valence-corrected chi connectivity index (χ2v) is 6.59. The monoisotopic (exact) mass is 250 g/mol. The van der Waals surface area contributed by atoms with Crippen LogP contribution in [0.5, 0.6) is 0 Å². The first-order valence-electron chi connectivity index (χ1n) is 6.82. The van der Waals surface area contributed by atoms with E-state index in [9.17, 15) is 0 Å². The van der Waals surface area contributed by atoms with Crippen molar-refractivity contribution in [3.63, 3.8) is 0 Å². The lowest BCUT2D eigenvalue weighted by Crippen LogP contribution is -2.59. The van der Waals surface area contributed by atoms with E-state index < -0.39 is 0 Å². The van der Waals surface area contributed by atoms with E-state index in [-0.39, 0.29) is 0 Å². The van der Waals surface area contributed by atoms with Gasteiger partial charge in [-0.2, -0.15) is 5.10 Å². The molecule has 1 aliphatic rings. The third-order valence-corrected chi connectivity index (χ3v) is 3.88. The van der Waals surface area contributed by atoms with Crippen LogP contribution in [-0.4, -0.2) is 39.9 Å². The summed E-state index contributed by atoms with van der Waals surface area (Å²) in [6.45, 7) is 12.3. The molecule has 0 radical (unpaired) electrons. The SMILES string of the molecule is CC1CNC(C(C)(C)C)CN1Cc1ccn(C)n1. The van der Waals surface area contributed by atoms with Gasteiger partial charge in [-0.05, 0) is 18.4 Å². The van der Waals surface area contributed by atoms with E-state index in [4.69, 9.17) is 0 Å². The third-order valence-electron chi connectivity index (χ3n) is 3.88. The maximum atomic E-state index is 4.48. The van der Waals surface area contributed by atoms with Crippen molar-refractivity contribution < 1.29 is 0 Å². The molecule has 0 saturated carbocycles. The minimum atomic E-state index is 0.308. The van der Waals surface area contributed by atoms with Crippen LogP contribution in [0.1, 0.15) is 33.4 Å². The third kappa shape index (κ3) is 3.12. The molecule has 1 saturated heterocycles. The molecule has 1 aromatic rings. The Bertz CT molecular complexity index is 391. The molecule has 2 atom stereocenters. The van der Waals surface area contributed by atoms with Gasteiger partial charge in [-0.15, -0.1) is 0 Å². The molecule has 0 amide bonds. The van der Waals surface area contributed by atoms with Gasteiger partial charge < -0.3 is 5.32 Å². The van der Waals surface area contributed by atoms with Gasteiger partial charge in [-0.1, -0.05) is 20.8 Å². The lowest BCUT2D eigenvalue weighted by Gasteiger charge is -2.43. The van der Waals surface area contributed by atoms with Crippen molar-refractivity contribution in [2.45, 2.75) is 46.3 Å². The Kier molecular flexibility index (Phi) is 3.78. The van der Waals surface area contributed by atoms with Crippen LogP contribution in [-0.2, 0) is 13.6 Å². The number of aryl methyl sites for hydroxylation is 1. The van der Waals surface area contributed by atoms with Crippen molar-refractivity contribution in [3.8, 4) is 0 Å². The van der Waals surface area contributed by atoms with Gasteiger partial charge in [0.15, 0.2) is 0 Å². The minimum Gasteiger partial charge on any atom is -0.311 e. The van der Waals surface area contributed by atoms with E-state index in [1.165, 1.54) is 5.69 Å². The fourth-order valence-electron chi connectivity index (χ4n) is 2.48. The van der Waals surface area contributed by atoms with Gasteiger partial charge in [-0.3, -0.25) is 9.58 Å². The Morgan fingerprint density at radius 1 is 1.44 bits per heavy atom. The molecule has 2 unspecified atom stereocenters. The molecule has 2 rings (SSSR count). The van der Waals surface area contributed by atoms with Gasteiger partial charge in [0.25, 0.3) is 0 Å². The van der Waals surface area contributed by atoms with E-state index in [0.29, 0.717) is 17.5 Å². The lowest BCUT2D eigenvalue weighted by atomic mass is 9.85. The van der Waals surface area contributed by atoms with Crippen molar-refractivity contribution in [1.29, 1.82) is 0 Å². The average molecular weight is 250 g/mol. The normalized spacial score (nSPS) is 26.5. The molecule has 0 bridgehead atoms. The van der Waals surface area contributed by atoms with E-state index in [1.54, 1.807) is 0 Å². The van der Waals surface area contributed by atoms with Gasteiger partial charge >= 0.3 is 0 Å². The Labute approximate surface area is 110 Å². The number of rotatable bonds is 2. The predicted molar refractivity (Wildman–Crippen MR) is 74.3 cm³/mol. The summed E-state index contributed by atoms with van der Waals surface area (Å²) in [4.78, 5) is 2.54. The van der Waals surface area contributed by atoms with Crippen LogP contribution >= 0.6 is 0 Å². The Morgan fingerprint density at radius 2 is 2.17 bits per heavy atom. The molecule has 2 heterocycles. The first-order chi connectivity index (χ1) is 8.36. The lowest BCUT2D eigenvalue weighted by molar-refractivity contribution is 0.0865. The van der Waals surface area contributed by atoms with Gasteiger partial charge in [0.2, 0.25) is 0 Å². The fourth-order valence-corrected chi connectivity index (χ4v) is 2.48. The molecule has 1 fully saturated rings. The van der Waals surface area contributed by atoms with Crippen molar-refractivity contribution in [2.24, 2.45) is 12.5 Å². The van der Waals surface area contributed by atoms with Gasteiger partial charge in [0, 0.05) is 45.0 Å². The highest BCUT2D eigenvalue weighted by atomic mass is 15.3. The van der Waals surface area contributed by atoms with Crippen molar-refractivity contribution in [3.05, 3.63) is 18.0 Å². The van der Waals surface area contributed by atoms with Crippen molar-refractivity contribution >= 4 is 0 Å². The number of aromatic nitrogens is 2. The molecule has 0 spiro atoms. The molecule has 0 aliphatic carbocycles. The second-order valence-electron chi connectivity index (χ2n) is 6.59. The van der Waals surface area contributed by atoms with Crippen LogP contribution in [0.15, 0.2) is 12.3 Å². The van der Waals surface area contributed by atoms with E-state index in [2.05, 4.69) is 49.1 Å². The van der Waals surface area contributed by atoms with Gasteiger partial charge in [-0.25, -0.2) is 0 Å². The van der Waals surface area contributed by atoms with E-state index >= 15 is 0 Å². The van der Waals surface area contributed by atoms with Gasteiger partial charge in [0.1, 0.15) is 0 Å². The van der Waals surface area contributed by atoms with Crippen LogP contribution in [0, 0.1) is 5.41 Å². The second kappa shape index (κ2) is 5.02. The summed E-state index contributed by atoms with van der Waals surface area (Å²) >= 11 is 0. The van der Waals surface area contributed by atoms with Gasteiger partial charge in [0.05, 0.1) is 5.69 Å². The first kappa shape index (κ1) is 13.6. The van der Waals surface area contributed by atoms with Crippen molar-refractivity contribution in [1.82, 2.24) is 20.0 Å². The topological polar surface area (TPSA) is 33.1 Å². The fraction of sp³-hybridized carbons (Fsp3) is 0.786. The summed E-state index contributed by atoms with van der Waals surface area (Å²) in [7, 11) is 1.97. The highest BCUT2D eigenvalue weighted by Crippen LogP contribution is 2.24.